The van der Waals surface area contributed by atoms with Crippen LogP contribution in [0.15, 0.2) is 40.9 Å². The third kappa shape index (κ3) is 7.19. The molecule has 0 atom stereocenters. The number of carbonyl (C=O) groups is 1. The molecule has 0 spiro atoms. The van der Waals surface area contributed by atoms with Gasteiger partial charge in [0.1, 0.15) is 0 Å². The summed E-state index contributed by atoms with van der Waals surface area (Å²) < 4.78 is 1.06. The lowest BCUT2D eigenvalue weighted by molar-refractivity contribution is 0.0953. The van der Waals surface area contributed by atoms with Crippen molar-refractivity contribution in [2.75, 3.05) is 6.54 Å². The van der Waals surface area contributed by atoms with Crippen LogP contribution in [0, 0.1) is 0 Å². The molecule has 0 aliphatic heterocycles. The zero-order valence-corrected chi connectivity index (χ0v) is 16.9. The van der Waals surface area contributed by atoms with Crippen molar-refractivity contribution in [3.63, 3.8) is 0 Å². The number of fused-ring (bicyclic) bond motifs is 1. The zero-order chi connectivity index (χ0) is 17.9. The Hall–Kier alpha value is -1.35. The summed E-state index contributed by atoms with van der Waals surface area (Å²) in [4.78, 5) is 12.3. The van der Waals surface area contributed by atoms with E-state index in [1.165, 1.54) is 51.4 Å². The summed E-state index contributed by atoms with van der Waals surface area (Å²) in [5.74, 6) is 0.0318. The van der Waals surface area contributed by atoms with Crippen LogP contribution in [0.3, 0.4) is 0 Å². The first-order valence-corrected chi connectivity index (χ1v) is 10.5. The Morgan fingerprint density at radius 2 is 1.44 bits per heavy atom. The van der Waals surface area contributed by atoms with E-state index >= 15 is 0 Å². The van der Waals surface area contributed by atoms with Crippen LogP contribution in [-0.4, -0.2) is 12.5 Å². The van der Waals surface area contributed by atoms with Crippen LogP contribution in [0.25, 0.3) is 10.8 Å². The second-order valence-corrected chi connectivity index (χ2v) is 7.71. The van der Waals surface area contributed by atoms with Crippen LogP contribution < -0.4 is 5.32 Å². The molecule has 3 heteroatoms. The highest BCUT2D eigenvalue weighted by atomic mass is 79.9. The van der Waals surface area contributed by atoms with Crippen molar-refractivity contribution in [1.29, 1.82) is 0 Å². The molecule has 2 nitrogen and oxygen atoms in total. The van der Waals surface area contributed by atoms with Crippen LogP contribution in [0.1, 0.15) is 75.1 Å². The molecular weight excluding hydrogens is 374 g/mol. The lowest BCUT2D eigenvalue weighted by Crippen LogP contribution is -2.24. The molecule has 2 aromatic rings. The van der Waals surface area contributed by atoms with E-state index in [0.717, 1.165) is 33.8 Å². The molecule has 0 aliphatic rings. The molecule has 0 aromatic heterocycles. The van der Waals surface area contributed by atoms with Crippen LogP contribution in [0.4, 0.5) is 0 Å². The second-order valence-electron chi connectivity index (χ2n) is 6.79. The highest BCUT2D eigenvalue weighted by molar-refractivity contribution is 9.10. The number of hydrogen-bond acceptors (Lipinski definition) is 1. The highest BCUT2D eigenvalue weighted by Gasteiger charge is 2.06. The molecule has 0 radical (unpaired) electrons. The van der Waals surface area contributed by atoms with E-state index in [9.17, 15) is 4.79 Å². The van der Waals surface area contributed by atoms with Gasteiger partial charge in [-0.15, -0.1) is 0 Å². The molecule has 0 saturated heterocycles. The molecule has 2 aromatic carbocycles. The number of rotatable bonds is 11. The quantitative estimate of drug-likeness (QED) is 0.407. The number of halogens is 1. The molecular formula is C22H30BrNO. The van der Waals surface area contributed by atoms with Crippen molar-refractivity contribution >= 4 is 32.6 Å². The Kier molecular flexibility index (Phi) is 9.03. The number of nitrogens with one attached hydrogen (secondary N) is 1. The Morgan fingerprint density at radius 1 is 0.840 bits per heavy atom. The van der Waals surface area contributed by atoms with E-state index in [0.29, 0.717) is 0 Å². The molecule has 25 heavy (non-hydrogen) atoms. The first-order valence-electron chi connectivity index (χ1n) is 9.68. The Balaban J connectivity index is 1.63. The van der Waals surface area contributed by atoms with Gasteiger partial charge in [-0.25, -0.2) is 0 Å². The summed E-state index contributed by atoms with van der Waals surface area (Å²) in [7, 11) is 0. The minimum absolute atomic E-state index is 0.0318. The maximum atomic E-state index is 12.3. The molecule has 0 bridgehead atoms. The normalized spacial score (nSPS) is 11.0. The number of benzene rings is 2. The maximum absolute atomic E-state index is 12.3. The monoisotopic (exact) mass is 403 g/mol. The Morgan fingerprint density at radius 3 is 2.16 bits per heavy atom. The first-order chi connectivity index (χ1) is 12.2. The van der Waals surface area contributed by atoms with Gasteiger partial charge >= 0.3 is 0 Å². The van der Waals surface area contributed by atoms with Gasteiger partial charge in [0.05, 0.1) is 0 Å². The van der Waals surface area contributed by atoms with Crippen molar-refractivity contribution in [1.82, 2.24) is 5.32 Å². The molecule has 1 amide bonds. The largest absolute Gasteiger partial charge is 0.352 e. The van der Waals surface area contributed by atoms with Crippen molar-refractivity contribution in [2.24, 2.45) is 0 Å². The van der Waals surface area contributed by atoms with Crippen LogP contribution >= 0.6 is 15.9 Å². The average molecular weight is 404 g/mol. The summed E-state index contributed by atoms with van der Waals surface area (Å²) in [6.07, 6.45) is 11.7. The van der Waals surface area contributed by atoms with E-state index in [4.69, 9.17) is 0 Å². The smallest absolute Gasteiger partial charge is 0.251 e. The molecule has 0 aliphatic carbocycles. The van der Waals surface area contributed by atoms with Crippen LogP contribution in [-0.2, 0) is 0 Å². The summed E-state index contributed by atoms with van der Waals surface area (Å²) in [5, 5.41) is 5.29. The summed E-state index contributed by atoms with van der Waals surface area (Å²) in [6.45, 7) is 3.03. The fraction of sp³-hybridized carbons (Fsp3) is 0.500. The fourth-order valence-electron chi connectivity index (χ4n) is 3.10. The lowest BCUT2D eigenvalue weighted by Gasteiger charge is -2.07. The molecule has 136 valence electrons. The molecule has 0 fully saturated rings. The number of hydrogen-bond donors (Lipinski definition) is 1. The van der Waals surface area contributed by atoms with Crippen LogP contribution in [0.2, 0.25) is 0 Å². The van der Waals surface area contributed by atoms with E-state index < -0.39 is 0 Å². The van der Waals surface area contributed by atoms with Gasteiger partial charge < -0.3 is 5.32 Å². The van der Waals surface area contributed by atoms with Gasteiger partial charge in [-0.3, -0.25) is 4.79 Å². The van der Waals surface area contributed by atoms with Crippen molar-refractivity contribution in [3.8, 4) is 0 Å². The number of unbranched alkanes of at least 4 members (excludes halogenated alkanes) is 8. The summed E-state index contributed by atoms with van der Waals surface area (Å²) in [5.41, 5.74) is 0.741. The van der Waals surface area contributed by atoms with Crippen molar-refractivity contribution < 1.29 is 4.79 Å². The Bertz CT molecular complexity index is 668. The minimum atomic E-state index is 0.0318. The van der Waals surface area contributed by atoms with E-state index in [1.807, 2.05) is 30.3 Å². The van der Waals surface area contributed by atoms with Gasteiger partial charge in [-0.1, -0.05) is 86.4 Å². The van der Waals surface area contributed by atoms with Crippen molar-refractivity contribution in [3.05, 3.63) is 46.4 Å². The van der Waals surface area contributed by atoms with Gasteiger partial charge in [-0.2, -0.15) is 0 Å². The third-order valence-electron chi connectivity index (χ3n) is 4.63. The van der Waals surface area contributed by atoms with Gasteiger partial charge in [0.25, 0.3) is 5.91 Å². The van der Waals surface area contributed by atoms with Crippen LogP contribution in [0.5, 0.6) is 0 Å². The van der Waals surface area contributed by atoms with Gasteiger partial charge in [-0.05, 0) is 41.5 Å². The topological polar surface area (TPSA) is 29.1 Å². The predicted molar refractivity (Wildman–Crippen MR) is 111 cm³/mol. The molecule has 1 N–H and O–H groups in total. The average Bonchev–Trinajstić information content (AvgIpc) is 2.62. The molecule has 0 heterocycles. The summed E-state index contributed by atoms with van der Waals surface area (Å²) >= 11 is 3.48. The van der Waals surface area contributed by atoms with Gasteiger partial charge in [0.2, 0.25) is 0 Å². The minimum Gasteiger partial charge on any atom is -0.352 e. The SMILES string of the molecule is CCCCCCCCCCCNC(=O)c1ccc2cc(Br)ccc2c1. The van der Waals surface area contributed by atoms with E-state index in [-0.39, 0.29) is 5.91 Å². The first kappa shape index (κ1) is 20.0. The standard InChI is InChI=1S/C22H30BrNO/c1-2-3-4-5-6-7-8-9-10-15-24-22(25)20-12-11-19-17-21(23)14-13-18(19)16-20/h11-14,16-17H,2-10,15H2,1H3,(H,24,25). The zero-order valence-electron chi connectivity index (χ0n) is 15.3. The number of carbonyl (C=O) groups excluding carboxylic acids is 1. The Labute approximate surface area is 160 Å². The van der Waals surface area contributed by atoms with E-state index in [2.05, 4.69) is 34.2 Å². The van der Waals surface area contributed by atoms with E-state index in [1.54, 1.807) is 0 Å². The lowest BCUT2D eigenvalue weighted by atomic mass is 10.1. The number of amides is 1. The highest BCUT2D eigenvalue weighted by Crippen LogP contribution is 2.21. The fourth-order valence-corrected chi connectivity index (χ4v) is 3.48. The predicted octanol–water partition coefficient (Wildman–Crippen LogP) is 6.86. The van der Waals surface area contributed by atoms with Gasteiger partial charge in [0, 0.05) is 16.6 Å². The molecule has 0 unspecified atom stereocenters. The second kappa shape index (κ2) is 11.3. The van der Waals surface area contributed by atoms with Gasteiger partial charge in [0.15, 0.2) is 0 Å². The van der Waals surface area contributed by atoms with Crippen molar-refractivity contribution in [2.45, 2.75) is 64.7 Å². The third-order valence-corrected chi connectivity index (χ3v) is 5.12. The maximum Gasteiger partial charge on any atom is 0.251 e. The molecule has 2 rings (SSSR count). The molecule has 0 saturated carbocycles. The summed E-state index contributed by atoms with van der Waals surface area (Å²) in [6, 6.07) is 12.0.